The molecule has 2 saturated heterocycles. The summed E-state index contributed by atoms with van der Waals surface area (Å²) in [4.78, 5) is 2.28. The van der Waals surface area contributed by atoms with Crippen molar-refractivity contribution < 1.29 is 4.39 Å². The van der Waals surface area contributed by atoms with E-state index in [1.807, 2.05) is 0 Å². The van der Waals surface area contributed by atoms with Crippen LogP contribution in [0, 0.1) is 0 Å². The van der Waals surface area contributed by atoms with Gasteiger partial charge in [-0.3, -0.25) is 4.90 Å². The van der Waals surface area contributed by atoms with Crippen LogP contribution in [0.1, 0.15) is 26.2 Å². The number of halogens is 1. The van der Waals surface area contributed by atoms with Gasteiger partial charge in [0.25, 0.3) is 0 Å². The molecule has 2 rings (SSSR count). The molecule has 12 heavy (non-hydrogen) atoms. The number of nitrogens with zero attached hydrogens (tertiary/aromatic N) is 1. The van der Waals surface area contributed by atoms with Gasteiger partial charge in [-0.1, -0.05) is 19.1 Å². The third kappa shape index (κ3) is 0.875. The Morgan fingerprint density at radius 2 is 2.50 bits per heavy atom. The highest BCUT2D eigenvalue weighted by Crippen LogP contribution is 2.44. The lowest BCUT2D eigenvalue weighted by Gasteiger charge is -2.31. The molecule has 0 aromatic carbocycles. The van der Waals surface area contributed by atoms with Crippen LogP contribution >= 0.6 is 0 Å². The minimum Gasteiger partial charge on any atom is -0.291 e. The number of hydrogen-bond acceptors (Lipinski definition) is 1. The molecule has 2 heterocycles. The molecule has 0 N–H and O–H groups in total. The molecule has 0 bridgehead atoms. The molecule has 1 nitrogen and oxygen atoms in total. The molecule has 0 unspecified atom stereocenters. The van der Waals surface area contributed by atoms with Gasteiger partial charge in [0.2, 0.25) is 0 Å². The van der Waals surface area contributed by atoms with Gasteiger partial charge in [0, 0.05) is 25.0 Å². The molecule has 0 aromatic heterocycles. The predicted octanol–water partition coefficient (Wildman–Crippen LogP) is 2.14. The monoisotopic (exact) mass is 169 g/mol. The number of rotatable bonds is 1. The normalized spacial score (nSPS) is 42.2. The highest BCUT2D eigenvalue weighted by Gasteiger charge is 2.49. The van der Waals surface area contributed by atoms with E-state index in [9.17, 15) is 4.39 Å². The Morgan fingerprint density at radius 3 is 3.08 bits per heavy atom. The van der Waals surface area contributed by atoms with E-state index in [0.29, 0.717) is 13.0 Å². The molecule has 2 heteroatoms. The SMILES string of the molecule is C=C1CCN2C[C@H](F)C[C@]12CC. The molecule has 0 spiro atoms. The van der Waals surface area contributed by atoms with Crippen molar-refractivity contribution in [1.82, 2.24) is 4.90 Å². The number of alkyl halides is 1. The molecular weight excluding hydrogens is 153 g/mol. The maximum Gasteiger partial charge on any atom is 0.115 e. The smallest absolute Gasteiger partial charge is 0.115 e. The first-order chi connectivity index (χ1) is 5.69. The molecule has 2 fully saturated rings. The van der Waals surface area contributed by atoms with Gasteiger partial charge in [0.05, 0.1) is 0 Å². The second kappa shape index (κ2) is 2.56. The molecule has 68 valence electrons. The van der Waals surface area contributed by atoms with Gasteiger partial charge in [-0.25, -0.2) is 4.39 Å². The fourth-order valence-electron chi connectivity index (χ4n) is 2.77. The summed E-state index contributed by atoms with van der Waals surface area (Å²) < 4.78 is 13.2. The summed E-state index contributed by atoms with van der Waals surface area (Å²) in [7, 11) is 0. The van der Waals surface area contributed by atoms with E-state index in [4.69, 9.17) is 0 Å². The topological polar surface area (TPSA) is 3.24 Å². The predicted molar refractivity (Wildman–Crippen MR) is 47.9 cm³/mol. The Bertz CT molecular complexity index is 214. The van der Waals surface area contributed by atoms with Crippen molar-refractivity contribution in [1.29, 1.82) is 0 Å². The van der Waals surface area contributed by atoms with Gasteiger partial charge >= 0.3 is 0 Å². The van der Waals surface area contributed by atoms with Crippen LogP contribution in [0.2, 0.25) is 0 Å². The minimum atomic E-state index is -0.623. The zero-order chi connectivity index (χ0) is 8.77. The highest BCUT2D eigenvalue weighted by molar-refractivity contribution is 5.25. The Morgan fingerprint density at radius 1 is 1.75 bits per heavy atom. The Balaban J connectivity index is 2.28. The summed E-state index contributed by atoms with van der Waals surface area (Å²) >= 11 is 0. The summed E-state index contributed by atoms with van der Waals surface area (Å²) in [5.74, 6) is 0. The van der Waals surface area contributed by atoms with E-state index >= 15 is 0 Å². The van der Waals surface area contributed by atoms with E-state index in [1.165, 1.54) is 5.57 Å². The fourth-order valence-corrected chi connectivity index (χ4v) is 2.77. The van der Waals surface area contributed by atoms with E-state index in [-0.39, 0.29) is 5.54 Å². The Kier molecular flexibility index (Phi) is 1.76. The molecular formula is C10H16FN. The van der Waals surface area contributed by atoms with E-state index in [2.05, 4.69) is 18.4 Å². The number of hydrogen-bond donors (Lipinski definition) is 0. The molecule has 2 atom stereocenters. The molecule has 2 aliphatic rings. The third-order valence-electron chi connectivity index (χ3n) is 3.51. The fraction of sp³-hybridized carbons (Fsp3) is 0.800. The summed E-state index contributed by atoms with van der Waals surface area (Å²) in [5.41, 5.74) is 1.30. The average Bonchev–Trinajstić information content (AvgIpc) is 2.50. The van der Waals surface area contributed by atoms with Crippen LogP contribution in [0.15, 0.2) is 12.2 Å². The van der Waals surface area contributed by atoms with Gasteiger partial charge in [0.1, 0.15) is 6.17 Å². The van der Waals surface area contributed by atoms with Crippen LogP contribution in [-0.2, 0) is 0 Å². The first-order valence-corrected chi connectivity index (χ1v) is 4.76. The summed E-state index contributed by atoms with van der Waals surface area (Å²) in [6.07, 6.45) is 2.15. The second-order valence-corrected chi connectivity index (χ2v) is 3.99. The summed E-state index contributed by atoms with van der Waals surface area (Å²) in [5, 5.41) is 0. The van der Waals surface area contributed by atoms with Crippen molar-refractivity contribution >= 4 is 0 Å². The van der Waals surface area contributed by atoms with Crippen molar-refractivity contribution in [2.75, 3.05) is 13.1 Å². The van der Waals surface area contributed by atoms with Gasteiger partial charge in [0.15, 0.2) is 0 Å². The van der Waals surface area contributed by atoms with Gasteiger partial charge in [-0.15, -0.1) is 0 Å². The largest absolute Gasteiger partial charge is 0.291 e. The first kappa shape index (κ1) is 8.24. The van der Waals surface area contributed by atoms with Crippen LogP contribution in [0.3, 0.4) is 0 Å². The van der Waals surface area contributed by atoms with Gasteiger partial charge in [-0.2, -0.15) is 0 Å². The van der Waals surface area contributed by atoms with Crippen LogP contribution < -0.4 is 0 Å². The quantitative estimate of drug-likeness (QED) is 0.543. The lowest BCUT2D eigenvalue weighted by molar-refractivity contribution is 0.216. The molecule has 0 radical (unpaired) electrons. The standard InChI is InChI=1S/C10H16FN/c1-3-10-6-9(11)7-12(10)5-4-8(10)2/h9H,2-7H2,1H3/t9-,10-/m1/s1. The first-order valence-electron chi connectivity index (χ1n) is 4.76. The minimum absolute atomic E-state index is 0.0411. The van der Waals surface area contributed by atoms with Gasteiger partial charge < -0.3 is 0 Å². The summed E-state index contributed by atoms with van der Waals surface area (Å²) in [6, 6.07) is 0. The molecule has 0 aromatic rings. The highest BCUT2D eigenvalue weighted by atomic mass is 19.1. The van der Waals surface area contributed by atoms with Crippen molar-refractivity contribution in [2.45, 2.75) is 37.9 Å². The van der Waals surface area contributed by atoms with Crippen molar-refractivity contribution in [3.8, 4) is 0 Å². The Hall–Kier alpha value is -0.370. The lowest BCUT2D eigenvalue weighted by atomic mass is 9.87. The Labute approximate surface area is 73.2 Å². The second-order valence-electron chi connectivity index (χ2n) is 3.99. The van der Waals surface area contributed by atoms with Crippen molar-refractivity contribution in [2.24, 2.45) is 0 Å². The van der Waals surface area contributed by atoms with Crippen LogP contribution in [0.5, 0.6) is 0 Å². The molecule has 2 aliphatic heterocycles. The third-order valence-corrected chi connectivity index (χ3v) is 3.51. The van der Waals surface area contributed by atoms with Crippen LogP contribution in [-0.4, -0.2) is 29.7 Å². The van der Waals surface area contributed by atoms with Crippen LogP contribution in [0.25, 0.3) is 0 Å². The maximum atomic E-state index is 13.2. The van der Waals surface area contributed by atoms with Crippen molar-refractivity contribution in [3.63, 3.8) is 0 Å². The van der Waals surface area contributed by atoms with Gasteiger partial charge in [-0.05, 0) is 12.8 Å². The maximum absolute atomic E-state index is 13.2. The lowest BCUT2D eigenvalue weighted by Crippen LogP contribution is -2.38. The molecule has 0 saturated carbocycles. The van der Waals surface area contributed by atoms with E-state index in [0.717, 1.165) is 19.4 Å². The summed E-state index contributed by atoms with van der Waals surface area (Å²) in [6.45, 7) is 7.86. The van der Waals surface area contributed by atoms with Crippen LogP contribution in [0.4, 0.5) is 4.39 Å². The average molecular weight is 169 g/mol. The zero-order valence-electron chi connectivity index (χ0n) is 7.65. The number of fused-ring (bicyclic) bond motifs is 1. The van der Waals surface area contributed by atoms with E-state index < -0.39 is 6.17 Å². The van der Waals surface area contributed by atoms with E-state index in [1.54, 1.807) is 0 Å². The van der Waals surface area contributed by atoms with Crippen molar-refractivity contribution in [3.05, 3.63) is 12.2 Å². The molecule has 0 aliphatic carbocycles. The molecule has 0 amide bonds. The zero-order valence-corrected chi connectivity index (χ0v) is 7.65.